The number of hydrogen-bond acceptors (Lipinski definition) is 4. The number of anilines is 1. The molecule has 5 rings (SSSR count). The van der Waals surface area contributed by atoms with Gasteiger partial charge in [-0.1, -0.05) is 66.7 Å². The predicted molar refractivity (Wildman–Crippen MR) is 142 cm³/mol. The summed E-state index contributed by atoms with van der Waals surface area (Å²) in [4.78, 5) is 15.5. The zero-order valence-electron chi connectivity index (χ0n) is 20.8. The minimum absolute atomic E-state index is 0.00218. The minimum Gasteiger partial charge on any atom is -0.496 e. The van der Waals surface area contributed by atoms with Crippen molar-refractivity contribution in [1.82, 2.24) is 4.90 Å². The number of hydrogen-bond donors (Lipinski definition) is 1. The van der Waals surface area contributed by atoms with Crippen molar-refractivity contribution < 1.29 is 14.3 Å². The molecule has 182 valence electrons. The predicted octanol–water partition coefficient (Wildman–Crippen LogP) is 6.66. The van der Waals surface area contributed by atoms with Crippen LogP contribution in [0.2, 0.25) is 0 Å². The Morgan fingerprint density at radius 1 is 0.861 bits per heavy atom. The van der Waals surface area contributed by atoms with Crippen molar-refractivity contribution in [2.45, 2.75) is 33.2 Å². The Hall–Kier alpha value is -4.25. The van der Waals surface area contributed by atoms with Crippen LogP contribution in [0.5, 0.6) is 11.5 Å². The number of benzene rings is 4. The Morgan fingerprint density at radius 3 is 2.33 bits per heavy atom. The van der Waals surface area contributed by atoms with Gasteiger partial charge in [0.25, 0.3) is 5.91 Å². The van der Waals surface area contributed by atoms with Crippen molar-refractivity contribution >= 4 is 11.6 Å². The highest BCUT2D eigenvalue weighted by Crippen LogP contribution is 2.36. The summed E-state index contributed by atoms with van der Waals surface area (Å²) >= 11 is 0. The van der Waals surface area contributed by atoms with Crippen molar-refractivity contribution in [3.8, 4) is 11.5 Å². The van der Waals surface area contributed by atoms with Crippen LogP contribution < -0.4 is 14.8 Å². The Balaban J connectivity index is 1.50. The van der Waals surface area contributed by atoms with Crippen LogP contribution in [0.15, 0.2) is 91.0 Å². The molecule has 0 saturated carbocycles. The van der Waals surface area contributed by atoms with E-state index >= 15 is 0 Å². The largest absolute Gasteiger partial charge is 0.496 e. The number of rotatable bonds is 7. The molecular weight excluding hydrogens is 448 g/mol. The topological polar surface area (TPSA) is 50.8 Å². The van der Waals surface area contributed by atoms with Crippen LogP contribution in [0.25, 0.3) is 0 Å². The van der Waals surface area contributed by atoms with Gasteiger partial charge in [-0.15, -0.1) is 0 Å². The fourth-order valence-corrected chi connectivity index (χ4v) is 4.76. The number of para-hydroxylation sites is 2. The zero-order valence-corrected chi connectivity index (χ0v) is 20.8. The van der Waals surface area contributed by atoms with Gasteiger partial charge in [-0.25, -0.2) is 0 Å². The fourth-order valence-electron chi connectivity index (χ4n) is 4.76. The van der Waals surface area contributed by atoms with Crippen LogP contribution >= 0.6 is 0 Å². The van der Waals surface area contributed by atoms with Crippen LogP contribution in [-0.2, 0) is 13.2 Å². The van der Waals surface area contributed by atoms with Gasteiger partial charge in [0, 0.05) is 17.8 Å². The van der Waals surface area contributed by atoms with Crippen molar-refractivity contribution in [1.29, 1.82) is 0 Å². The lowest BCUT2D eigenvalue weighted by atomic mass is 10.0. The van der Waals surface area contributed by atoms with Gasteiger partial charge >= 0.3 is 0 Å². The zero-order chi connectivity index (χ0) is 25.1. The number of ether oxygens (including phenoxy) is 2. The molecule has 0 aliphatic carbocycles. The number of fused-ring (bicyclic) bond motifs is 1. The van der Waals surface area contributed by atoms with E-state index in [1.165, 1.54) is 0 Å². The number of methoxy groups -OCH3 is 1. The molecule has 4 aromatic carbocycles. The second kappa shape index (κ2) is 10.2. The van der Waals surface area contributed by atoms with Gasteiger partial charge in [-0.2, -0.15) is 0 Å². The third kappa shape index (κ3) is 4.65. The molecule has 0 aromatic heterocycles. The monoisotopic (exact) mass is 478 g/mol. The molecule has 0 saturated heterocycles. The van der Waals surface area contributed by atoms with E-state index in [2.05, 4.69) is 11.4 Å². The fraction of sp³-hybridized carbons (Fsp3) is 0.194. The van der Waals surface area contributed by atoms with E-state index in [-0.39, 0.29) is 12.1 Å². The van der Waals surface area contributed by atoms with Crippen molar-refractivity contribution in [2.24, 2.45) is 0 Å². The lowest BCUT2D eigenvalue weighted by Crippen LogP contribution is -2.42. The number of amides is 1. The number of nitrogens with zero attached hydrogens (tertiary/aromatic N) is 1. The number of aryl methyl sites for hydroxylation is 2. The first-order valence-corrected chi connectivity index (χ1v) is 12.1. The highest BCUT2D eigenvalue weighted by atomic mass is 16.5. The van der Waals surface area contributed by atoms with E-state index in [1.807, 2.05) is 104 Å². The maximum absolute atomic E-state index is 13.6. The summed E-state index contributed by atoms with van der Waals surface area (Å²) in [6.07, 6.45) is -0.336. The molecule has 1 atom stereocenters. The molecule has 5 heteroatoms. The summed E-state index contributed by atoms with van der Waals surface area (Å²) in [5.41, 5.74) is 6.66. The minimum atomic E-state index is -0.336. The number of carbonyl (C=O) groups excluding carboxylic acids is 1. The molecule has 0 fully saturated rings. The van der Waals surface area contributed by atoms with Crippen LogP contribution in [-0.4, -0.2) is 17.9 Å². The number of nitrogens with one attached hydrogen (secondary N) is 1. The molecule has 0 bridgehead atoms. The van der Waals surface area contributed by atoms with E-state index in [4.69, 9.17) is 9.47 Å². The van der Waals surface area contributed by atoms with Gasteiger partial charge in [0.1, 0.15) is 24.3 Å². The molecule has 5 nitrogen and oxygen atoms in total. The molecule has 1 amide bonds. The molecule has 36 heavy (non-hydrogen) atoms. The first-order valence-electron chi connectivity index (χ1n) is 12.1. The lowest BCUT2D eigenvalue weighted by molar-refractivity contribution is 0.0666. The highest BCUT2D eigenvalue weighted by molar-refractivity contribution is 6.01. The quantitative estimate of drug-likeness (QED) is 0.323. The summed E-state index contributed by atoms with van der Waals surface area (Å²) in [7, 11) is 1.66. The normalized spacial score (nSPS) is 14.7. The second-order valence-corrected chi connectivity index (χ2v) is 9.09. The van der Waals surface area contributed by atoms with E-state index < -0.39 is 0 Å². The molecule has 0 spiro atoms. The van der Waals surface area contributed by atoms with Gasteiger partial charge < -0.3 is 19.7 Å². The Morgan fingerprint density at radius 2 is 1.58 bits per heavy atom. The third-order valence-electron chi connectivity index (χ3n) is 6.62. The highest BCUT2D eigenvalue weighted by Gasteiger charge is 2.33. The van der Waals surface area contributed by atoms with Gasteiger partial charge in [0.15, 0.2) is 0 Å². The van der Waals surface area contributed by atoms with Crippen molar-refractivity contribution in [2.75, 3.05) is 12.4 Å². The molecule has 1 aliphatic rings. The standard InChI is InChI=1S/C31H30N2O3/c1-21-10-9-11-22(2)29(21)36-20-25-18-24(16-17-28(25)35-3)30-32-27-15-8-7-14-26(27)31(34)33(30)19-23-12-5-4-6-13-23/h4-18,30,32H,19-20H2,1-3H3. The first-order chi connectivity index (χ1) is 17.5. The third-order valence-corrected chi connectivity index (χ3v) is 6.62. The Labute approximate surface area is 212 Å². The Kier molecular flexibility index (Phi) is 6.63. The number of carbonyl (C=O) groups is 1. The van der Waals surface area contributed by atoms with Gasteiger partial charge in [0.2, 0.25) is 0 Å². The maximum Gasteiger partial charge on any atom is 0.258 e. The van der Waals surface area contributed by atoms with Crippen molar-refractivity contribution in [3.63, 3.8) is 0 Å². The molecule has 1 aliphatic heterocycles. The lowest BCUT2D eigenvalue weighted by Gasteiger charge is -2.38. The average molecular weight is 479 g/mol. The molecule has 1 heterocycles. The molecular formula is C31H30N2O3. The molecule has 1 unspecified atom stereocenters. The second-order valence-electron chi connectivity index (χ2n) is 9.09. The first kappa shape index (κ1) is 23.5. The van der Waals surface area contributed by atoms with Crippen molar-refractivity contribution in [3.05, 3.63) is 124 Å². The summed E-state index contributed by atoms with van der Waals surface area (Å²) in [6, 6.07) is 29.9. The van der Waals surface area contributed by atoms with Crippen LogP contribution in [0.4, 0.5) is 5.69 Å². The molecule has 4 aromatic rings. The molecule has 0 radical (unpaired) electrons. The SMILES string of the molecule is COc1ccc(C2Nc3ccccc3C(=O)N2Cc2ccccc2)cc1COc1c(C)cccc1C. The maximum atomic E-state index is 13.6. The van der Waals surface area contributed by atoms with E-state index in [9.17, 15) is 4.79 Å². The van der Waals surface area contributed by atoms with Crippen LogP contribution in [0.3, 0.4) is 0 Å². The van der Waals surface area contributed by atoms with Crippen LogP contribution in [0, 0.1) is 13.8 Å². The molecule has 1 N–H and O–H groups in total. The van der Waals surface area contributed by atoms with E-state index in [1.54, 1.807) is 7.11 Å². The van der Waals surface area contributed by atoms with E-state index in [0.29, 0.717) is 18.7 Å². The summed E-state index contributed by atoms with van der Waals surface area (Å²) in [5.74, 6) is 1.64. The van der Waals surface area contributed by atoms with Crippen LogP contribution in [0.1, 0.15) is 44.3 Å². The smallest absolute Gasteiger partial charge is 0.258 e. The van der Waals surface area contributed by atoms with E-state index in [0.717, 1.165) is 45.0 Å². The average Bonchev–Trinajstić information content (AvgIpc) is 2.90. The Bertz CT molecular complexity index is 1360. The van der Waals surface area contributed by atoms with Gasteiger partial charge in [-0.05, 0) is 60.4 Å². The summed E-state index contributed by atoms with van der Waals surface area (Å²) in [5, 5.41) is 3.59. The van der Waals surface area contributed by atoms with Gasteiger partial charge in [-0.3, -0.25) is 4.79 Å². The van der Waals surface area contributed by atoms with Gasteiger partial charge in [0.05, 0.1) is 12.7 Å². The summed E-state index contributed by atoms with van der Waals surface area (Å²) < 4.78 is 11.9. The summed E-state index contributed by atoms with van der Waals surface area (Å²) in [6.45, 7) is 4.95.